The standard InChI is InChI=1S/C15H26N2O3.ClH/c1-19-14(18)15-4-6-20-10-13(15)9-17(11-15)8-12-3-2-5-16-7-12;/h12-13,16H,2-11H2,1H3;1H/t12?,13-,15+;/m0./s1. The molecule has 0 saturated carbocycles. The van der Waals surface area contributed by atoms with E-state index in [9.17, 15) is 4.79 Å². The molecule has 3 rings (SSSR count). The number of nitrogens with zero attached hydrogens (tertiary/aromatic N) is 1. The summed E-state index contributed by atoms with van der Waals surface area (Å²) in [7, 11) is 1.51. The molecular formula is C15H27ClN2O3. The smallest absolute Gasteiger partial charge is 0.313 e. The van der Waals surface area contributed by atoms with Gasteiger partial charge in [0, 0.05) is 32.2 Å². The second-order valence-electron chi connectivity index (χ2n) is 6.58. The number of fused-ring (bicyclic) bond motifs is 1. The van der Waals surface area contributed by atoms with E-state index in [1.165, 1.54) is 20.0 Å². The quantitative estimate of drug-likeness (QED) is 0.784. The molecule has 0 aliphatic carbocycles. The number of piperidine rings is 1. The largest absolute Gasteiger partial charge is 0.469 e. The number of halogens is 1. The molecule has 0 aromatic heterocycles. The molecule has 122 valence electrons. The van der Waals surface area contributed by atoms with Crippen molar-refractivity contribution in [3.63, 3.8) is 0 Å². The minimum Gasteiger partial charge on any atom is -0.469 e. The van der Waals surface area contributed by atoms with E-state index in [4.69, 9.17) is 9.47 Å². The van der Waals surface area contributed by atoms with Gasteiger partial charge >= 0.3 is 5.97 Å². The molecule has 3 heterocycles. The Hall–Kier alpha value is -0.360. The van der Waals surface area contributed by atoms with Gasteiger partial charge in [0.1, 0.15) is 0 Å². The summed E-state index contributed by atoms with van der Waals surface area (Å²) in [5.74, 6) is 0.995. The van der Waals surface area contributed by atoms with Crippen molar-refractivity contribution in [2.75, 3.05) is 53.0 Å². The van der Waals surface area contributed by atoms with Gasteiger partial charge in [-0.3, -0.25) is 4.79 Å². The zero-order valence-corrected chi connectivity index (χ0v) is 13.6. The van der Waals surface area contributed by atoms with Gasteiger partial charge in [0.15, 0.2) is 0 Å². The molecule has 3 aliphatic rings. The van der Waals surface area contributed by atoms with Crippen LogP contribution in [0, 0.1) is 17.3 Å². The summed E-state index contributed by atoms with van der Waals surface area (Å²) in [6.07, 6.45) is 3.38. The summed E-state index contributed by atoms with van der Waals surface area (Å²) in [4.78, 5) is 14.8. The van der Waals surface area contributed by atoms with Crippen LogP contribution in [0.1, 0.15) is 19.3 Å². The fraction of sp³-hybridized carbons (Fsp3) is 0.933. The monoisotopic (exact) mass is 318 g/mol. The van der Waals surface area contributed by atoms with Crippen molar-refractivity contribution < 1.29 is 14.3 Å². The first-order chi connectivity index (χ1) is 9.74. The number of rotatable bonds is 3. The third-order valence-electron chi connectivity index (χ3n) is 5.28. The van der Waals surface area contributed by atoms with Crippen LogP contribution in [0.15, 0.2) is 0 Å². The zero-order chi connectivity index (χ0) is 14.0. The molecule has 3 aliphatic heterocycles. The van der Waals surface area contributed by atoms with Crippen LogP contribution in [0.5, 0.6) is 0 Å². The zero-order valence-electron chi connectivity index (χ0n) is 12.8. The van der Waals surface area contributed by atoms with Gasteiger partial charge in [0.2, 0.25) is 0 Å². The van der Waals surface area contributed by atoms with Crippen LogP contribution in [-0.2, 0) is 14.3 Å². The summed E-state index contributed by atoms with van der Waals surface area (Å²) in [5, 5.41) is 3.47. The topological polar surface area (TPSA) is 50.8 Å². The Bertz CT molecular complexity index is 363. The average molecular weight is 319 g/mol. The normalized spacial score (nSPS) is 36.6. The molecule has 21 heavy (non-hydrogen) atoms. The van der Waals surface area contributed by atoms with Gasteiger partial charge in [-0.25, -0.2) is 0 Å². The highest BCUT2D eigenvalue weighted by atomic mass is 35.5. The van der Waals surface area contributed by atoms with Gasteiger partial charge in [-0.1, -0.05) is 0 Å². The molecule has 0 bridgehead atoms. The maximum atomic E-state index is 12.3. The predicted octanol–water partition coefficient (Wildman–Crippen LogP) is 0.919. The van der Waals surface area contributed by atoms with E-state index in [0.717, 1.165) is 45.1 Å². The van der Waals surface area contributed by atoms with Crippen LogP contribution < -0.4 is 5.32 Å². The van der Waals surface area contributed by atoms with Crippen molar-refractivity contribution >= 4 is 18.4 Å². The van der Waals surface area contributed by atoms with Gasteiger partial charge in [0.25, 0.3) is 0 Å². The molecule has 5 nitrogen and oxygen atoms in total. The van der Waals surface area contributed by atoms with E-state index in [2.05, 4.69) is 10.2 Å². The van der Waals surface area contributed by atoms with Crippen molar-refractivity contribution in [3.8, 4) is 0 Å². The highest BCUT2D eigenvalue weighted by molar-refractivity contribution is 5.85. The molecule has 3 atom stereocenters. The van der Waals surface area contributed by atoms with Gasteiger partial charge < -0.3 is 19.7 Å². The first kappa shape index (κ1) is 17.0. The summed E-state index contributed by atoms with van der Waals surface area (Å²) >= 11 is 0. The molecule has 3 fully saturated rings. The van der Waals surface area contributed by atoms with Crippen LogP contribution >= 0.6 is 12.4 Å². The molecule has 0 spiro atoms. The number of esters is 1. The fourth-order valence-corrected chi connectivity index (χ4v) is 4.17. The third kappa shape index (κ3) is 3.36. The van der Waals surface area contributed by atoms with Crippen molar-refractivity contribution in [1.82, 2.24) is 10.2 Å². The number of carbonyl (C=O) groups excluding carboxylic acids is 1. The maximum Gasteiger partial charge on any atom is 0.313 e. The number of likely N-dealkylation sites (tertiary alicyclic amines) is 1. The lowest BCUT2D eigenvalue weighted by Crippen LogP contribution is -2.45. The summed E-state index contributed by atoms with van der Waals surface area (Å²) in [6.45, 7) is 6.58. The lowest BCUT2D eigenvalue weighted by Gasteiger charge is -2.35. The first-order valence-electron chi connectivity index (χ1n) is 7.84. The van der Waals surface area contributed by atoms with Crippen molar-refractivity contribution in [1.29, 1.82) is 0 Å². The van der Waals surface area contributed by atoms with Gasteiger partial charge in [-0.05, 0) is 38.3 Å². The van der Waals surface area contributed by atoms with Crippen LogP contribution in [0.25, 0.3) is 0 Å². The highest BCUT2D eigenvalue weighted by Gasteiger charge is 2.54. The van der Waals surface area contributed by atoms with E-state index in [1.54, 1.807) is 0 Å². The second kappa shape index (κ2) is 7.27. The number of hydrogen-bond donors (Lipinski definition) is 1. The van der Waals surface area contributed by atoms with Crippen LogP contribution in [0.4, 0.5) is 0 Å². The van der Waals surface area contributed by atoms with E-state index >= 15 is 0 Å². The molecule has 0 radical (unpaired) electrons. The van der Waals surface area contributed by atoms with Crippen molar-refractivity contribution in [2.45, 2.75) is 19.3 Å². The SMILES string of the molecule is COC(=O)[C@@]12CCOC[C@@H]1CN(CC1CCCNC1)C2.Cl. The molecule has 1 N–H and O–H groups in total. The van der Waals surface area contributed by atoms with E-state index in [1.807, 2.05) is 0 Å². The first-order valence-corrected chi connectivity index (χ1v) is 7.84. The second-order valence-corrected chi connectivity index (χ2v) is 6.58. The van der Waals surface area contributed by atoms with Gasteiger partial charge in [-0.2, -0.15) is 0 Å². The van der Waals surface area contributed by atoms with Gasteiger partial charge in [-0.15, -0.1) is 12.4 Å². The van der Waals surface area contributed by atoms with Gasteiger partial charge in [0.05, 0.1) is 19.1 Å². The summed E-state index contributed by atoms with van der Waals surface area (Å²) < 4.78 is 10.7. The van der Waals surface area contributed by atoms with Crippen molar-refractivity contribution in [2.24, 2.45) is 17.3 Å². The molecule has 3 saturated heterocycles. The minimum absolute atomic E-state index is 0. The Morgan fingerprint density at radius 1 is 1.52 bits per heavy atom. The molecule has 0 aromatic rings. The maximum absolute atomic E-state index is 12.3. The van der Waals surface area contributed by atoms with Crippen LogP contribution in [0.3, 0.4) is 0 Å². The Labute approximate surface area is 133 Å². The highest BCUT2D eigenvalue weighted by Crippen LogP contribution is 2.43. The Kier molecular flexibility index (Phi) is 5.88. The Morgan fingerprint density at radius 3 is 3.10 bits per heavy atom. The van der Waals surface area contributed by atoms with E-state index in [-0.39, 0.29) is 23.8 Å². The average Bonchev–Trinajstić information content (AvgIpc) is 2.86. The molecule has 1 unspecified atom stereocenters. The van der Waals surface area contributed by atoms with E-state index in [0.29, 0.717) is 19.1 Å². The fourth-order valence-electron chi connectivity index (χ4n) is 4.17. The number of nitrogens with one attached hydrogen (secondary N) is 1. The minimum atomic E-state index is -0.310. The Balaban J connectivity index is 0.00000161. The molecule has 0 amide bonds. The van der Waals surface area contributed by atoms with Crippen LogP contribution in [0.2, 0.25) is 0 Å². The lowest BCUT2D eigenvalue weighted by atomic mass is 9.74. The Morgan fingerprint density at radius 2 is 2.38 bits per heavy atom. The predicted molar refractivity (Wildman–Crippen MR) is 82.7 cm³/mol. The lowest BCUT2D eigenvalue weighted by molar-refractivity contribution is -0.161. The number of hydrogen-bond acceptors (Lipinski definition) is 5. The molecule has 0 aromatic carbocycles. The number of methoxy groups -OCH3 is 1. The van der Waals surface area contributed by atoms with E-state index < -0.39 is 0 Å². The number of carbonyl (C=O) groups is 1. The number of ether oxygens (including phenoxy) is 2. The van der Waals surface area contributed by atoms with Crippen LogP contribution in [-0.4, -0.2) is 63.9 Å². The molecule has 6 heteroatoms. The summed E-state index contributed by atoms with van der Waals surface area (Å²) in [5.41, 5.74) is -0.310. The third-order valence-corrected chi connectivity index (χ3v) is 5.28. The molecular weight excluding hydrogens is 292 g/mol. The van der Waals surface area contributed by atoms with Crippen molar-refractivity contribution in [3.05, 3.63) is 0 Å². The summed E-state index contributed by atoms with van der Waals surface area (Å²) in [6, 6.07) is 0.